The number of hydrogen-bond donors (Lipinski definition) is 0. The molecule has 1 aromatic heterocycles. The van der Waals surface area contributed by atoms with E-state index in [-0.39, 0.29) is 11.7 Å². The number of amides is 1. The van der Waals surface area contributed by atoms with Gasteiger partial charge >= 0.3 is 0 Å². The molecular formula is C14H18N2O2. The smallest absolute Gasteiger partial charge is 0.227 e. The van der Waals surface area contributed by atoms with Gasteiger partial charge in [0.05, 0.1) is 12.0 Å². The number of carbonyl (C=O) groups excluding carboxylic acids is 2. The van der Waals surface area contributed by atoms with E-state index < -0.39 is 5.54 Å². The number of rotatable bonds is 2. The second-order valence-corrected chi connectivity index (χ2v) is 5.16. The third-order valence-corrected chi connectivity index (χ3v) is 3.55. The van der Waals surface area contributed by atoms with Gasteiger partial charge in [0.25, 0.3) is 0 Å². The Morgan fingerprint density at radius 2 is 2.06 bits per heavy atom. The van der Waals surface area contributed by atoms with Crippen molar-refractivity contribution in [1.82, 2.24) is 9.88 Å². The van der Waals surface area contributed by atoms with Crippen LogP contribution in [-0.2, 0) is 16.0 Å². The van der Waals surface area contributed by atoms with Crippen LogP contribution in [0.4, 0.5) is 0 Å². The summed E-state index contributed by atoms with van der Waals surface area (Å²) >= 11 is 0. The van der Waals surface area contributed by atoms with Gasteiger partial charge in [-0.05, 0) is 38.0 Å². The Morgan fingerprint density at radius 3 is 2.72 bits per heavy atom. The quantitative estimate of drug-likeness (QED) is 0.796. The molecule has 0 radical (unpaired) electrons. The van der Waals surface area contributed by atoms with Crippen LogP contribution in [0.15, 0.2) is 24.5 Å². The maximum atomic E-state index is 12.3. The number of ketones is 1. The molecule has 0 bridgehead atoms. The first-order chi connectivity index (χ1) is 8.51. The lowest BCUT2D eigenvalue weighted by Gasteiger charge is -2.41. The topological polar surface area (TPSA) is 50.3 Å². The predicted molar refractivity (Wildman–Crippen MR) is 68.0 cm³/mol. The minimum atomic E-state index is -0.664. The number of likely N-dealkylation sites (tertiary alicyclic amines) is 1. The van der Waals surface area contributed by atoms with E-state index in [0.717, 1.165) is 12.0 Å². The molecule has 0 saturated carbocycles. The molecule has 4 heteroatoms. The summed E-state index contributed by atoms with van der Waals surface area (Å²) in [5.74, 6) is 0.163. The van der Waals surface area contributed by atoms with E-state index in [1.807, 2.05) is 26.0 Å². The predicted octanol–water partition coefficient (Wildman–Crippen LogP) is 1.59. The lowest BCUT2D eigenvalue weighted by molar-refractivity contribution is -0.147. The molecule has 1 fully saturated rings. The van der Waals surface area contributed by atoms with E-state index in [9.17, 15) is 9.59 Å². The maximum absolute atomic E-state index is 12.3. The fraction of sp³-hybridized carbons (Fsp3) is 0.500. The highest BCUT2D eigenvalue weighted by Crippen LogP contribution is 2.25. The van der Waals surface area contributed by atoms with Crippen LogP contribution in [0.5, 0.6) is 0 Å². The normalized spacial score (nSPS) is 18.8. The summed E-state index contributed by atoms with van der Waals surface area (Å²) in [5, 5.41) is 0. The summed E-state index contributed by atoms with van der Waals surface area (Å²) in [6.45, 7) is 4.33. The van der Waals surface area contributed by atoms with Crippen LogP contribution in [0.1, 0.15) is 32.3 Å². The van der Waals surface area contributed by atoms with Gasteiger partial charge in [-0.15, -0.1) is 0 Å². The fourth-order valence-corrected chi connectivity index (χ4v) is 2.34. The Balaban J connectivity index is 2.11. The maximum Gasteiger partial charge on any atom is 0.227 e. The van der Waals surface area contributed by atoms with E-state index in [0.29, 0.717) is 19.4 Å². The van der Waals surface area contributed by atoms with Crippen LogP contribution < -0.4 is 0 Å². The second kappa shape index (κ2) is 4.88. The number of carbonyl (C=O) groups is 2. The highest BCUT2D eigenvalue weighted by molar-refractivity contribution is 5.93. The number of piperidine rings is 1. The lowest BCUT2D eigenvalue weighted by Crippen LogP contribution is -2.56. The average molecular weight is 246 g/mol. The fourth-order valence-electron chi connectivity index (χ4n) is 2.34. The molecule has 1 aliphatic heterocycles. The van der Waals surface area contributed by atoms with E-state index in [4.69, 9.17) is 0 Å². The highest BCUT2D eigenvalue weighted by Gasteiger charge is 2.39. The molecule has 1 saturated heterocycles. The van der Waals surface area contributed by atoms with E-state index in [2.05, 4.69) is 4.98 Å². The monoisotopic (exact) mass is 246 g/mol. The van der Waals surface area contributed by atoms with Crippen LogP contribution in [0.3, 0.4) is 0 Å². The van der Waals surface area contributed by atoms with Gasteiger partial charge in [0.2, 0.25) is 5.91 Å². The zero-order chi connectivity index (χ0) is 13.2. The standard InChI is InChI=1S/C14H18N2O2/c1-14(2)12(17)4-3-9-16(14)13(18)10-11-5-7-15-8-6-11/h5-8H,3-4,9-10H2,1-2H3. The van der Waals surface area contributed by atoms with Crippen LogP contribution in [0.25, 0.3) is 0 Å². The van der Waals surface area contributed by atoms with Crippen molar-refractivity contribution in [3.63, 3.8) is 0 Å². The van der Waals surface area contributed by atoms with Crippen molar-refractivity contribution >= 4 is 11.7 Å². The minimum absolute atomic E-state index is 0.0132. The van der Waals surface area contributed by atoms with E-state index >= 15 is 0 Å². The number of pyridine rings is 1. The lowest BCUT2D eigenvalue weighted by atomic mass is 9.88. The molecule has 0 aromatic carbocycles. The van der Waals surface area contributed by atoms with Crippen molar-refractivity contribution in [2.45, 2.75) is 38.6 Å². The molecule has 2 rings (SSSR count). The first-order valence-corrected chi connectivity index (χ1v) is 6.24. The van der Waals surface area contributed by atoms with Crippen LogP contribution in [0, 0.1) is 0 Å². The molecule has 96 valence electrons. The Morgan fingerprint density at radius 1 is 1.39 bits per heavy atom. The van der Waals surface area contributed by atoms with Gasteiger partial charge in [0.15, 0.2) is 5.78 Å². The molecule has 0 spiro atoms. The third-order valence-electron chi connectivity index (χ3n) is 3.55. The summed E-state index contributed by atoms with van der Waals surface area (Å²) in [6.07, 6.45) is 5.03. The van der Waals surface area contributed by atoms with E-state index in [1.54, 1.807) is 17.3 Å². The Hall–Kier alpha value is -1.71. The SMILES string of the molecule is CC1(C)C(=O)CCCN1C(=O)Cc1ccncc1. The molecule has 0 unspecified atom stereocenters. The zero-order valence-electron chi connectivity index (χ0n) is 10.8. The largest absolute Gasteiger partial charge is 0.330 e. The average Bonchev–Trinajstić information content (AvgIpc) is 2.33. The van der Waals surface area contributed by atoms with Crippen LogP contribution >= 0.6 is 0 Å². The van der Waals surface area contributed by atoms with Crippen molar-refractivity contribution in [1.29, 1.82) is 0 Å². The Bertz CT molecular complexity index is 454. The van der Waals surface area contributed by atoms with Gasteiger partial charge in [-0.25, -0.2) is 0 Å². The molecule has 0 N–H and O–H groups in total. The van der Waals surface area contributed by atoms with Gasteiger partial charge < -0.3 is 4.90 Å². The zero-order valence-corrected chi connectivity index (χ0v) is 10.8. The molecule has 18 heavy (non-hydrogen) atoms. The summed E-state index contributed by atoms with van der Waals surface area (Å²) < 4.78 is 0. The molecular weight excluding hydrogens is 228 g/mol. The van der Waals surface area contributed by atoms with Crippen molar-refractivity contribution < 1.29 is 9.59 Å². The molecule has 4 nitrogen and oxygen atoms in total. The van der Waals surface area contributed by atoms with Crippen molar-refractivity contribution in [3.05, 3.63) is 30.1 Å². The molecule has 1 amide bonds. The van der Waals surface area contributed by atoms with Crippen LogP contribution in [-0.4, -0.2) is 33.7 Å². The van der Waals surface area contributed by atoms with E-state index in [1.165, 1.54) is 0 Å². The summed E-state index contributed by atoms with van der Waals surface area (Å²) in [7, 11) is 0. The van der Waals surface area contributed by atoms with Crippen molar-refractivity contribution in [3.8, 4) is 0 Å². The van der Waals surface area contributed by atoms with Gasteiger partial charge in [-0.3, -0.25) is 14.6 Å². The minimum Gasteiger partial charge on any atom is -0.330 e. The molecule has 0 aliphatic carbocycles. The Labute approximate surface area is 107 Å². The first-order valence-electron chi connectivity index (χ1n) is 6.24. The second-order valence-electron chi connectivity index (χ2n) is 5.16. The van der Waals surface area contributed by atoms with Gasteiger partial charge in [-0.1, -0.05) is 0 Å². The van der Waals surface area contributed by atoms with Gasteiger partial charge in [0, 0.05) is 25.4 Å². The Kier molecular flexibility index (Phi) is 3.45. The summed E-state index contributed by atoms with van der Waals surface area (Å²) in [4.78, 5) is 29.8. The van der Waals surface area contributed by atoms with Crippen molar-refractivity contribution in [2.75, 3.05) is 6.54 Å². The first kappa shape index (κ1) is 12.7. The van der Waals surface area contributed by atoms with Gasteiger partial charge in [0.1, 0.15) is 0 Å². The number of hydrogen-bond acceptors (Lipinski definition) is 3. The number of Topliss-reactive ketones (excluding diaryl/α,β-unsaturated/α-hetero) is 1. The van der Waals surface area contributed by atoms with Gasteiger partial charge in [-0.2, -0.15) is 0 Å². The van der Waals surface area contributed by atoms with Crippen molar-refractivity contribution in [2.24, 2.45) is 0 Å². The molecule has 1 aromatic rings. The molecule has 1 aliphatic rings. The third kappa shape index (κ3) is 2.42. The molecule has 0 atom stereocenters. The molecule has 2 heterocycles. The number of nitrogens with zero attached hydrogens (tertiary/aromatic N) is 2. The number of aromatic nitrogens is 1. The van der Waals surface area contributed by atoms with Crippen LogP contribution in [0.2, 0.25) is 0 Å². The summed E-state index contributed by atoms with van der Waals surface area (Å²) in [5.41, 5.74) is 0.270. The summed E-state index contributed by atoms with van der Waals surface area (Å²) in [6, 6.07) is 3.66. The highest BCUT2D eigenvalue weighted by atomic mass is 16.2.